The molecule has 0 bridgehead atoms. The molecule has 5 nitrogen and oxygen atoms in total. The fraction of sp³-hybridized carbons (Fsp3) is 0.192. The highest BCUT2D eigenvalue weighted by atomic mass is 79.9. The third-order valence-corrected chi connectivity index (χ3v) is 6.15. The second-order valence-electron chi connectivity index (χ2n) is 7.79. The van der Waals surface area contributed by atoms with Crippen LogP contribution < -0.4 is 10.3 Å². The third kappa shape index (κ3) is 5.52. The molecule has 0 amide bonds. The SMILES string of the molecule is CC[C@@H](C)c1nc2ccc(Br)cc2c(=O)n1N=Cc1ccc(OCc2ccc(Cl)cc2)cc1. The summed E-state index contributed by atoms with van der Waals surface area (Å²) >= 11 is 9.35. The van der Waals surface area contributed by atoms with E-state index in [1.54, 1.807) is 12.3 Å². The van der Waals surface area contributed by atoms with Gasteiger partial charge in [-0.15, -0.1) is 0 Å². The smallest absolute Gasteiger partial charge is 0.282 e. The molecular weight excluding hydrogens is 502 g/mol. The van der Waals surface area contributed by atoms with Crippen molar-refractivity contribution < 1.29 is 4.74 Å². The van der Waals surface area contributed by atoms with Gasteiger partial charge in [-0.05, 0) is 72.1 Å². The van der Waals surface area contributed by atoms with Gasteiger partial charge in [0.05, 0.1) is 17.1 Å². The molecule has 0 aliphatic carbocycles. The Balaban J connectivity index is 1.57. The molecule has 0 spiro atoms. The van der Waals surface area contributed by atoms with Gasteiger partial charge >= 0.3 is 0 Å². The molecule has 0 aliphatic heterocycles. The van der Waals surface area contributed by atoms with Crippen LogP contribution >= 0.6 is 27.5 Å². The molecule has 0 saturated carbocycles. The molecule has 1 aromatic heterocycles. The molecular formula is C26H23BrClN3O2. The van der Waals surface area contributed by atoms with E-state index in [2.05, 4.69) is 28.0 Å². The Hall–Kier alpha value is -2.96. The molecule has 3 aromatic carbocycles. The third-order valence-electron chi connectivity index (χ3n) is 5.41. The van der Waals surface area contributed by atoms with Gasteiger partial charge in [0, 0.05) is 15.4 Å². The predicted molar refractivity (Wildman–Crippen MR) is 138 cm³/mol. The van der Waals surface area contributed by atoms with Gasteiger partial charge in [-0.25, -0.2) is 4.98 Å². The average Bonchev–Trinajstić information content (AvgIpc) is 2.83. The minimum absolute atomic E-state index is 0.0894. The van der Waals surface area contributed by atoms with Gasteiger partial charge in [0.15, 0.2) is 0 Å². The van der Waals surface area contributed by atoms with Crippen molar-refractivity contribution in [2.75, 3.05) is 0 Å². The van der Waals surface area contributed by atoms with Crippen molar-refractivity contribution in [1.29, 1.82) is 0 Å². The Morgan fingerprint density at radius 2 is 1.85 bits per heavy atom. The van der Waals surface area contributed by atoms with Crippen LogP contribution in [0, 0.1) is 0 Å². The van der Waals surface area contributed by atoms with Crippen LogP contribution in [0.3, 0.4) is 0 Å². The molecule has 0 saturated heterocycles. The number of aromatic nitrogens is 2. The standard InChI is InChI=1S/C26H23BrClN3O2/c1-3-17(2)25-30-24-13-8-20(27)14-23(24)26(32)31(25)29-15-18-6-11-22(12-7-18)33-16-19-4-9-21(28)10-5-19/h4-15,17H,3,16H2,1-2H3/t17-/m1/s1. The Kier molecular flexibility index (Phi) is 7.26. The lowest BCUT2D eigenvalue weighted by atomic mass is 10.1. The minimum Gasteiger partial charge on any atom is -0.489 e. The Morgan fingerprint density at radius 3 is 2.55 bits per heavy atom. The second-order valence-corrected chi connectivity index (χ2v) is 9.14. The van der Waals surface area contributed by atoms with Crippen LogP contribution in [0.5, 0.6) is 5.75 Å². The first kappa shape index (κ1) is 23.2. The number of halogens is 2. The van der Waals surface area contributed by atoms with Crippen molar-refractivity contribution in [3.8, 4) is 5.75 Å². The number of nitrogens with zero attached hydrogens (tertiary/aromatic N) is 3. The predicted octanol–water partition coefficient (Wildman–Crippen LogP) is 6.79. The van der Waals surface area contributed by atoms with E-state index in [0.29, 0.717) is 28.4 Å². The van der Waals surface area contributed by atoms with Crippen molar-refractivity contribution in [2.45, 2.75) is 32.8 Å². The highest BCUT2D eigenvalue weighted by Crippen LogP contribution is 2.21. The van der Waals surface area contributed by atoms with Crippen LogP contribution in [-0.4, -0.2) is 15.9 Å². The molecule has 33 heavy (non-hydrogen) atoms. The number of rotatable bonds is 7. The Labute approximate surface area is 205 Å². The molecule has 0 aliphatic rings. The first-order chi connectivity index (χ1) is 15.9. The first-order valence-corrected chi connectivity index (χ1v) is 11.9. The van der Waals surface area contributed by atoms with E-state index >= 15 is 0 Å². The second kappa shape index (κ2) is 10.3. The fourth-order valence-corrected chi connectivity index (χ4v) is 3.79. The Bertz CT molecular complexity index is 1350. The summed E-state index contributed by atoms with van der Waals surface area (Å²) in [6.07, 6.45) is 2.52. The van der Waals surface area contributed by atoms with Crippen LogP contribution in [0.25, 0.3) is 10.9 Å². The van der Waals surface area contributed by atoms with Gasteiger partial charge in [-0.2, -0.15) is 9.78 Å². The van der Waals surface area contributed by atoms with Crippen LogP contribution in [0.15, 0.2) is 81.1 Å². The summed E-state index contributed by atoms with van der Waals surface area (Å²) in [4.78, 5) is 17.9. The number of ether oxygens (including phenoxy) is 1. The monoisotopic (exact) mass is 523 g/mol. The number of hydrogen-bond donors (Lipinski definition) is 0. The average molecular weight is 525 g/mol. The van der Waals surface area contributed by atoms with Crippen LogP contribution in [-0.2, 0) is 6.61 Å². The van der Waals surface area contributed by atoms with Crippen molar-refractivity contribution in [3.63, 3.8) is 0 Å². The molecule has 168 valence electrons. The summed E-state index contributed by atoms with van der Waals surface area (Å²) in [5, 5.41) is 5.73. The van der Waals surface area contributed by atoms with Crippen molar-refractivity contribution >= 4 is 44.6 Å². The largest absolute Gasteiger partial charge is 0.489 e. The van der Waals surface area contributed by atoms with Crippen LogP contribution in [0.2, 0.25) is 5.02 Å². The number of benzene rings is 3. The van der Waals surface area contributed by atoms with E-state index < -0.39 is 0 Å². The lowest BCUT2D eigenvalue weighted by molar-refractivity contribution is 0.306. The van der Waals surface area contributed by atoms with Crippen molar-refractivity contribution in [3.05, 3.63) is 104 Å². The van der Waals surface area contributed by atoms with E-state index in [9.17, 15) is 4.79 Å². The molecule has 4 rings (SSSR count). The van der Waals surface area contributed by atoms with Gasteiger partial charge in [0.2, 0.25) is 0 Å². The molecule has 4 aromatic rings. The van der Waals surface area contributed by atoms with Gasteiger partial charge in [-0.3, -0.25) is 4.79 Å². The number of fused-ring (bicyclic) bond motifs is 1. The van der Waals surface area contributed by atoms with E-state index in [0.717, 1.165) is 27.8 Å². The zero-order valence-electron chi connectivity index (χ0n) is 18.3. The zero-order valence-corrected chi connectivity index (χ0v) is 20.7. The van der Waals surface area contributed by atoms with Crippen LogP contribution in [0.1, 0.15) is 43.1 Å². The zero-order chi connectivity index (χ0) is 23.4. The van der Waals surface area contributed by atoms with Gasteiger partial charge in [0.1, 0.15) is 18.2 Å². The minimum atomic E-state index is -0.184. The molecule has 0 unspecified atom stereocenters. The van der Waals surface area contributed by atoms with E-state index in [1.165, 1.54) is 4.68 Å². The first-order valence-electron chi connectivity index (χ1n) is 10.7. The maximum absolute atomic E-state index is 13.2. The summed E-state index contributed by atoms with van der Waals surface area (Å²) in [7, 11) is 0. The highest BCUT2D eigenvalue weighted by Gasteiger charge is 2.15. The summed E-state index contributed by atoms with van der Waals surface area (Å²) in [6.45, 7) is 4.57. The topological polar surface area (TPSA) is 56.5 Å². The molecule has 1 atom stereocenters. The van der Waals surface area contributed by atoms with E-state index in [-0.39, 0.29) is 11.5 Å². The molecule has 1 heterocycles. The maximum atomic E-state index is 13.2. The normalized spacial score (nSPS) is 12.4. The quantitative estimate of drug-likeness (QED) is 0.250. The molecule has 0 radical (unpaired) electrons. The summed E-state index contributed by atoms with van der Waals surface area (Å²) in [5.41, 5.74) is 2.38. The van der Waals surface area contributed by atoms with Crippen molar-refractivity contribution in [1.82, 2.24) is 9.66 Å². The van der Waals surface area contributed by atoms with Gasteiger partial charge in [0.25, 0.3) is 5.56 Å². The number of hydrogen-bond acceptors (Lipinski definition) is 4. The lowest BCUT2D eigenvalue weighted by Gasteiger charge is -2.14. The molecule has 0 fully saturated rings. The van der Waals surface area contributed by atoms with E-state index in [4.69, 9.17) is 21.3 Å². The summed E-state index contributed by atoms with van der Waals surface area (Å²) in [5.74, 6) is 1.49. The summed E-state index contributed by atoms with van der Waals surface area (Å²) in [6, 6.07) is 20.6. The lowest BCUT2D eigenvalue weighted by Crippen LogP contribution is -2.23. The van der Waals surface area contributed by atoms with Crippen LogP contribution in [0.4, 0.5) is 0 Å². The highest BCUT2D eigenvalue weighted by molar-refractivity contribution is 9.10. The Morgan fingerprint density at radius 1 is 1.12 bits per heavy atom. The van der Waals surface area contributed by atoms with Gasteiger partial charge < -0.3 is 4.74 Å². The summed E-state index contributed by atoms with van der Waals surface area (Å²) < 4.78 is 8.08. The van der Waals surface area contributed by atoms with E-state index in [1.807, 2.05) is 67.6 Å². The molecule has 0 N–H and O–H groups in total. The maximum Gasteiger partial charge on any atom is 0.282 e. The fourth-order valence-electron chi connectivity index (χ4n) is 3.30. The molecule has 7 heteroatoms. The van der Waals surface area contributed by atoms with Crippen molar-refractivity contribution in [2.24, 2.45) is 5.10 Å². The van der Waals surface area contributed by atoms with Gasteiger partial charge in [-0.1, -0.05) is 53.5 Å².